The molecule has 25 heavy (non-hydrogen) atoms. The zero-order valence-electron chi connectivity index (χ0n) is 14.1. The zero-order chi connectivity index (χ0) is 17.1. The van der Waals surface area contributed by atoms with Gasteiger partial charge in [-0.25, -0.2) is 0 Å². The van der Waals surface area contributed by atoms with Crippen LogP contribution in [0.15, 0.2) is 65.3 Å². The quantitative estimate of drug-likeness (QED) is 0.700. The first-order valence-electron chi connectivity index (χ1n) is 8.72. The van der Waals surface area contributed by atoms with Crippen molar-refractivity contribution in [1.29, 1.82) is 0 Å². The van der Waals surface area contributed by atoms with Gasteiger partial charge in [0.1, 0.15) is 5.76 Å². The van der Waals surface area contributed by atoms with Gasteiger partial charge in [0, 0.05) is 18.7 Å². The summed E-state index contributed by atoms with van der Waals surface area (Å²) < 4.78 is 11.2. The van der Waals surface area contributed by atoms with Gasteiger partial charge in [-0.2, -0.15) is 0 Å². The molecule has 0 spiro atoms. The molecule has 2 heterocycles. The smallest absolute Gasteiger partial charge is 0.254 e. The Morgan fingerprint density at radius 3 is 2.72 bits per heavy atom. The summed E-state index contributed by atoms with van der Waals surface area (Å²) in [5.41, 5.74) is 0.697. The number of carbonyl (C=O) groups is 1. The molecule has 1 aromatic heterocycles. The number of carbonyl (C=O) groups excluding carboxylic acids is 1. The highest BCUT2D eigenvalue weighted by Gasteiger charge is 2.24. The van der Waals surface area contributed by atoms with Crippen LogP contribution in [-0.4, -0.2) is 30.1 Å². The fourth-order valence-corrected chi connectivity index (χ4v) is 3.35. The molecule has 2 aromatic carbocycles. The number of ether oxygens (including phenoxy) is 1. The van der Waals surface area contributed by atoms with E-state index >= 15 is 0 Å². The van der Waals surface area contributed by atoms with Crippen molar-refractivity contribution in [1.82, 2.24) is 4.90 Å². The third-order valence-corrected chi connectivity index (χ3v) is 4.66. The summed E-state index contributed by atoms with van der Waals surface area (Å²) in [7, 11) is 0. The van der Waals surface area contributed by atoms with Crippen molar-refractivity contribution in [2.75, 3.05) is 13.2 Å². The number of fused-ring (bicyclic) bond motifs is 1. The van der Waals surface area contributed by atoms with Crippen LogP contribution < -0.4 is 0 Å². The number of hydrogen-bond donors (Lipinski definition) is 0. The fraction of sp³-hybridized carbons (Fsp3) is 0.286. The summed E-state index contributed by atoms with van der Waals surface area (Å²) in [5, 5.41) is 2.21. The molecule has 1 saturated heterocycles. The monoisotopic (exact) mass is 335 g/mol. The minimum absolute atomic E-state index is 0.0117. The lowest BCUT2D eigenvalue weighted by Crippen LogP contribution is -2.36. The number of nitrogens with zero attached hydrogens (tertiary/aromatic N) is 1. The van der Waals surface area contributed by atoms with Gasteiger partial charge in [-0.3, -0.25) is 4.79 Å². The van der Waals surface area contributed by atoms with Crippen LogP contribution in [0.3, 0.4) is 0 Å². The van der Waals surface area contributed by atoms with Crippen molar-refractivity contribution >= 4 is 16.7 Å². The molecule has 3 aromatic rings. The predicted molar refractivity (Wildman–Crippen MR) is 96.4 cm³/mol. The Hall–Kier alpha value is -2.59. The van der Waals surface area contributed by atoms with Gasteiger partial charge in [0.25, 0.3) is 5.91 Å². The van der Waals surface area contributed by atoms with E-state index in [-0.39, 0.29) is 12.0 Å². The van der Waals surface area contributed by atoms with Crippen LogP contribution in [-0.2, 0) is 11.3 Å². The minimum Gasteiger partial charge on any atom is -0.467 e. The first-order valence-corrected chi connectivity index (χ1v) is 8.72. The van der Waals surface area contributed by atoms with E-state index in [4.69, 9.17) is 9.15 Å². The van der Waals surface area contributed by atoms with E-state index in [1.165, 1.54) is 0 Å². The Labute approximate surface area is 147 Å². The van der Waals surface area contributed by atoms with Crippen molar-refractivity contribution in [2.24, 2.45) is 0 Å². The number of furan rings is 1. The van der Waals surface area contributed by atoms with E-state index in [9.17, 15) is 4.79 Å². The van der Waals surface area contributed by atoms with Gasteiger partial charge in [0.2, 0.25) is 0 Å². The second kappa shape index (κ2) is 7.11. The summed E-state index contributed by atoms with van der Waals surface area (Å²) >= 11 is 0. The van der Waals surface area contributed by atoms with Crippen LogP contribution >= 0.6 is 0 Å². The Kier molecular flexibility index (Phi) is 4.53. The minimum atomic E-state index is 0.0117. The molecule has 128 valence electrons. The van der Waals surface area contributed by atoms with Gasteiger partial charge in [-0.15, -0.1) is 0 Å². The molecule has 0 saturated carbocycles. The molecule has 0 radical (unpaired) electrons. The Morgan fingerprint density at radius 1 is 1.08 bits per heavy atom. The molecule has 1 amide bonds. The molecule has 0 bridgehead atoms. The summed E-state index contributed by atoms with van der Waals surface area (Å²) in [6.07, 6.45) is 3.81. The maximum atomic E-state index is 13.1. The molecule has 1 aliphatic heterocycles. The van der Waals surface area contributed by atoms with Gasteiger partial charge in [-0.05, 0) is 47.9 Å². The topological polar surface area (TPSA) is 42.7 Å². The first-order chi connectivity index (χ1) is 12.3. The Balaban J connectivity index is 1.60. The van der Waals surface area contributed by atoms with Crippen LogP contribution in [0, 0.1) is 0 Å². The van der Waals surface area contributed by atoms with Crippen molar-refractivity contribution in [2.45, 2.75) is 25.5 Å². The van der Waals surface area contributed by atoms with Crippen LogP contribution in [0.2, 0.25) is 0 Å². The van der Waals surface area contributed by atoms with E-state index in [2.05, 4.69) is 6.07 Å². The first kappa shape index (κ1) is 15.9. The summed E-state index contributed by atoms with van der Waals surface area (Å²) in [6, 6.07) is 17.7. The SMILES string of the molecule is O=C(c1ccc2ccccc2c1)N(Cc1ccco1)C[C@H]1CCCO1. The second-order valence-electron chi connectivity index (χ2n) is 6.46. The molecule has 0 unspecified atom stereocenters. The average molecular weight is 335 g/mol. The highest BCUT2D eigenvalue weighted by atomic mass is 16.5. The van der Waals surface area contributed by atoms with Crippen LogP contribution in [0.5, 0.6) is 0 Å². The van der Waals surface area contributed by atoms with Crippen molar-refractivity contribution in [3.05, 3.63) is 72.2 Å². The van der Waals surface area contributed by atoms with E-state index < -0.39 is 0 Å². The zero-order valence-corrected chi connectivity index (χ0v) is 14.1. The maximum Gasteiger partial charge on any atom is 0.254 e. The maximum absolute atomic E-state index is 13.1. The van der Waals surface area contributed by atoms with Crippen LogP contribution in [0.1, 0.15) is 29.0 Å². The molecular weight excluding hydrogens is 314 g/mol. The van der Waals surface area contributed by atoms with Crippen molar-refractivity contribution < 1.29 is 13.9 Å². The van der Waals surface area contributed by atoms with Crippen LogP contribution in [0.25, 0.3) is 10.8 Å². The normalized spacial score (nSPS) is 17.0. The largest absolute Gasteiger partial charge is 0.467 e. The van der Waals surface area contributed by atoms with Crippen molar-refractivity contribution in [3.8, 4) is 0 Å². The lowest BCUT2D eigenvalue weighted by molar-refractivity contribution is 0.0491. The lowest BCUT2D eigenvalue weighted by Gasteiger charge is -2.25. The Morgan fingerprint density at radius 2 is 1.96 bits per heavy atom. The number of benzene rings is 2. The molecule has 1 atom stereocenters. The van der Waals surface area contributed by atoms with Gasteiger partial charge < -0.3 is 14.1 Å². The summed E-state index contributed by atoms with van der Waals surface area (Å²) in [6.45, 7) is 1.83. The van der Waals surface area contributed by atoms with E-state index in [1.807, 2.05) is 53.4 Å². The molecule has 4 heteroatoms. The van der Waals surface area contributed by atoms with E-state index in [0.29, 0.717) is 18.7 Å². The summed E-state index contributed by atoms with van der Waals surface area (Å²) in [4.78, 5) is 15.0. The number of rotatable bonds is 5. The van der Waals surface area contributed by atoms with E-state index in [1.54, 1.807) is 6.26 Å². The average Bonchev–Trinajstić information content (AvgIpc) is 3.34. The van der Waals surface area contributed by atoms with Crippen molar-refractivity contribution in [3.63, 3.8) is 0 Å². The molecule has 0 N–H and O–H groups in total. The molecular formula is C21H21NO3. The standard InChI is InChI=1S/C21H21NO3/c23-21(18-10-9-16-5-1-2-6-17(16)13-18)22(14-19-7-3-11-24-19)15-20-8-4-12-25-20/h1-3,5-7,9-11,13,20H,4,8,12,14-15H2/t20-/m1/s1. The van der Waals surface area contributed by atoms with Gasteiger partial charge in [0.15, 0.2) is 0 Å². The van der Waals surface area contributed by atoms with Gasteiger partial charge >= 0.3 is 0 Å². The van der Waals surface area contributed by atoms with Gasteiger partial charge in [0.05, 0.1) is 18.9 Å². The van der Waals surface area contributed by atoms with Crippen LogP contribution in [0.4, 0.5) is 0 Å². The molecule has 4 rings (SSSR count). The number of hydrogen-bond acceptors (Lipinski definition) is 3. The fourth-order valence-electron chi connectivity index (χ4n) is 3.35. The number of amides is 1. The molecule has 1 fully saturated rings. The lowest BCUT2D eigenvalue weighted by atomic mass is 10.1. The van der Waals surface area contributed by atoms with Gasteiger partial charge in [-0.1, -0.05) is 30.3 Å². The highest BCUT2D eigenvalue weighted by Crippen LogP contribution is 2.20. The third kappa shape index (κ3) is 3.59. The molecule has 4 nitrogen and oxygen atoms in total. The third-order valence-electron chi connectivity index (χ3n) is 4.66. The van der Waals surface area contributed by atoms with E-state index in [0.717, 1.165) is 36.0 Å². The predicted octanol–water partition coefficient (Wildman–Crippen LogP) is 4.25. The summed E-state index contributed by atoms with van der Waals surface area (Å²) in [5.74, 6) is 0.796. The Bertz CT molecular complexity index is 850. The second-order valence-corrected chi connectivity index (χ2v) is 6.46. The molecule has 1 aliphatic rings. The molecule has 0 aliphatic carbocycles. The highest BCUT2D eigenvalue weighted by molar-refractivity contribution is 5.98.